The summed E-state index contributed by atoms with van der Waals surface area (Å²) in [5, 5.41) is 10.6. The largest absolute Gasteiger partial charge is 0.311 e. The average molecular weight is 356 g/mol. The van der Waals surface area contributed by atoms with E-state index in [1.807, 2.05) is 17.9 Å². The van der Waals surface area contributed by atoms with Crippen LogP contribution in [0.25, 0.3) is 0 Å². The van der Waals surface area contributed by atoms with Crippen molar-refractivity contribution in [1.29, 1.82) is 0 Å². The maximum atomic E-state index is 12.8. The van der Waals surface area contributed by atoms with E-state index in [0.29, 0.717) is 12.5 Å². The average Bonchev–Trinajstić information content (AvgIpc) is 3.08. The smallest absolute Gasteiger partial charge is 0.241 e. The number of anilines is 1. The molecule has 0 radical (unpaired) electrons. The number of aromatic nitrogens is 2. The lowest BCUT2D eigenvalue weighted by Crippen LogP contribution is -2.45. The summed E-state index contributed by atoms with van der Waals surface area (Å²) < 4.78 is 0. The van der Waals surface area contributed by atoms with E-state index in [1.54, 1.807) is 11.3 Å². The van der Waals surface area contributed by atoms with E-state index in [4.69, 9.17) is 0 Å². The molecule has 1 aromatic carbocycles. The summed E-state index contributed by atoms with van der Waals surface area (Å²) in [6.07, 6.45) is 4.27. The van der Waals surface area contributed by atoms with Gasteiger partial charge in [-0.2, -0.15) is 0 Å². The second-order valence-electron chi connectivity index (χ2n) is 6.99. The van der Waals surface area contributed by atoms with Gasteiger partial charge in [0, 0.05) is 18.2 Å². The molecule has 2 aliphatic heterocycles. The van der Waals surface area contributed by atoms with Gasteiger partial charge in [-0.05, 0) is 57.3 Å². The summed E-state index contributed by atoms with van der Waals surface area (Å²) in [7, 11) is 0. The van der Waals surface area contributed by atoms with Crippen LogP contribution in [0.4, 0.5) is 5.69 Å². The number of carbonyl (C=O) groups is 1. The molecular weight excluding hydrogens is 332 g/mol. The SMILES string of the molecule is Cc1nnc(C2CCN(CC(=O)N3CCCc4ccccc43)CC2)s1. The van der Waals surface area contributed by atoms with Gasteiger partial charge in [0.05, 0.1) is 6.54 Å². The molecule has 2 aliphatic rings. The molecule has 3 heterocycles. The van der Waals surface area contributed by atoms with Gasteiger partial charge in [-0.15, -0.1) is 21.5 Å². The highest BCUT2D eigenvalue weighted by Crippen LogP contribution is 2.30. The molecule has 132 valence electrons. The second kappa shape index (κ2) is 7.22. The number of benzene rings is 1. The zero-order chi connectivity index (χ0) is 17.2. The highest BCUT2D eigenvalue weighted by molar-refractivity contribution is 7.11. The Hall–Kier alpha value is -1.79. The molecule has 0 spiro atoms. The van der Waals surface area contributed by atoms with E-state index in [1.165, 1.54) is 5.56 Å². The van der Waals surface area contributed by atoms with E-state index >= 15 is 0 Å². The molecule has 0 aliphatic carbocycles. The number of amides is 1. The number of piperidine rings is 1. The van der Waals surface area contributed by atoms with Crippen LogP contribution in [0.3, 0.4) is 0 Å². The van der Waals surface area contributed by atoms with Gasteiger partial charge in [0.25, 0.3) is 0 Å². The molecule has 2 aromatic rings. The lowest BCUT2D eigenvalue weighted by Gasteiger charge is -2.34. The molecule has 6 heteroatoms. The fraction of sp³-hybridized carbons (Fsp3) is 0.526. The molecule has 1 saturated heterocycles. The number of nitrogens with zero attached hydrogens (tertiary/aromatic N) is 4. The quantitative estimate of drug-likeness (QED) is 0.848. The van der Waals surface area contributed by atoms with E-state index in [-0.39, 0.29) is 5.91 Å². The van der Waals surface area contributed by atoms with Gasteiger partial charge in [0.15, 0.2) is 0 Å². The van der Waals surface area contributed by atoms with Crippen LogP contribution >= 0.6 is 11.3 Å². The van der Waals surface area contributed by atoms with Crippen LogP contribution in [0.5, 0.6) is 0 Å². The fourth-order valence-electron chi connectivity index (χ4n) is 3.88. The van der Waals surface area contributed by atoms with Gasteiger partial charge in [-0.3, -0.25) is 9.69 Å². The van der Waals surface area contributed by atoms with Crippen molar-refractivity contribution in [1.82, 2.24) is 15.1 Å². The predicted octanol–water partition coefficient (Wildman–Crippen LogP) is 3.01. The predicted molar refractivity (Wildman–Crippen MR) is 100 cm³/mol. The standard InChI is InChI=1S/C19H24N4OS/c1-14-20-21-19(25-14)16-8-11-22(12-9-16)13-18(24)23-10-4-6-15-5-2-3-7-17(15)23/h2-3,5,7,16H,4,6,8-13H2,1H3. The summed E-state index contributed by atoms with van der Waals surface area (Å²) in [5.74, 6) is 0.741. The van der Waals surface area contributed by atoms with Crippen LogP contribution < -0.4 is 4.90 Å². The van der Waals surface area contributed by atoms with Crippen LogP contribution in [0, 0.1) is 6.92 Å². The zero-order valence-corrected chi connectivity index (χ0v) is 15.5. The Labute approximate surface area is 152 Å². The summed E-state index contributed by atoms with van der Waals surface area (Å²) in [4.78, 5) is 17.1. The van der Waals surface area contributed by atoms with Crippen LogP contribution in [0.15, 0.2) is 24.3 Å². The van der Waals surface area contributed by atoms with Gasteiger partial charge in [-0.25, -0.2) is 0 Å². The number of hydrogen-bond acceptors (Lipinski definition) is 5. The highest BCUT2D eigenvalue weighted by atomic mass is 32.1. The number of aryl methyl sites for hydroxylation is 2. The van der Waals surface area contributed by atoms with Crippen molar-refractivity contribution in [3.05, 3.63) is 39.8 Å². The summed E-state index contributed by atoms with van der Waals surface area (Å²) in [6, 6.07) is 8.31. The zero-order valence-electron chi connectivity index (χ0n) is 14.6. The Kier molecular flexibility index (Phi) is 4.81. The van der Waals surface area contributed by atoms with Crippen LogP contribution in [0.1, 0.15) is 40.8 Å². The van der Waals surface area contributed by atoms with Gasteiger partial charge in [-0.1, -0.05) is 18.2 Å². The molecular formula is C19H24N4OS. The molecule has 0 unspecified atom stereocenters. The summed E-state index contributed by atoms with van der Waals surface area (Å²) in [6.45, 7) is 5.30. The van der Waals surface area contributed by atoms with E-state index in [2.05, 4.69) is 33.3 Å². The minimum atomic E-state index is 0.234. The topological polar surface area (TPSA) is 49.3 Å². The molecule has 1 amide bonds. The van der Waals surface area contributed by atoms with Crippen LogP contribution in [-0.2, 0) is 11.2 Å². The Balaban J connectivity index is 1.35. The lowest BCUT2D eigenvalue weighted by atomic mass is 9.97. The number of likely N-dealkylation sites (tertiary alicyclic amines) is 1. The Morgan fingerprint density at radius 3 is 2.76 bits per heavy atom. The number of fused-ring (bicyclic) bond motifs is 1. The van der Waals surface area contributed by atoms with Crippen molar-refractivity contribution in [2.24, 2.45) is 0 Å². The van der Waals surface area contributed by atoms with Crippen LogP contribution in [0.2, 0.25) is 0 Å². The molecule has 0 atom stereocenters. The van der Waals surface area contributed by atoms with Crippen molar-refractivity contribution in [2.45, 2.75) is 38.5 Å². The van der Waals surface area contributed by atoms with Gasteiger partial charge in [0.2, 0.25) is 5.91 Å². The first-order valence-corrected chi connectivity index (χ1v) is 9.93. The molecule has 1 fully saturated rings. The third-order valence-corrected chi connectivity index (χ3v) is 6.25. The Morgan fingerprint density at radius 1 is 1.20 bits per heavy atom. The number of para-hydroxylation sites is 1. The Morgan fingerprint density at radius 2 is 2.00 bits per heavy atom. The lowest BCUT2D eigenvalue weighted by molar-refractivity contribution is -0.120. The third-order valence-electron chi connectivity index (χ3n) is 5.25. The molecule has 0 bridgehead atoms. The van der Waals surface area contributed by atoms with E-state index in [9.17, 15) is 4.79 Å². The van der Waals surface area contributed by atoms with Gasteiger partial charge in [0.1, 0.15) is 10.0 Å². The summed E-state index contributed by atoms with van der Waals surface area (Å²) >= 11 is 1.71. The number of rotatable bonds is 3. The number of carbonyl (C=O) groups excluding carboxylic acids is 1. The first-order chi connectivity index (χ1) is 12.2. The third kappa shape index (κ3) is 3.60. The first-order valence-electron chi connectivity index (χ1n) is 9.11. The Bertz CT molecular complexity index is 751. The maximum absolute atomic E-state index is 12.8. The molecule has 25 heavy (non-hydrogen) atoms. The van der Waals surface area contributed by atoms with Crippen molar-refractivity contribution >= 4 is 22.9 Å². The highest BCUT2D eigenvalue weighted by Gasteiger charge is 2.27. The minimum Gasteiger partial charge on any atom is -0.311 e. The minimum absolute atomic E-state index is 0.234. The normalized spacial score (nSPS) is 19.0. The number of hydrogen-bond donors (Lipinski definition) is 0. The summed E-state index contributed by atoms with van der Waals surface area (Å²) in [5.41, 5.74) is 2.41. The molecule has 0 saturated carbocycles. The van der Waals surface area contributed by atoms with E-state index in [0.717, 1.165) is 61.0 Å². The van der Waals surface area contributed by atoms with Crippen molar-refractivity contribution in [3.63, 3.8) is 0 Å². The van der Waals surface area contributed by atoms with Crippen molar-refractivity contribution in [3.8, 4) is 0 Å². The molecule has 5 nitrogen and oxygen atoms in total. The maximum Gasteiger partial charge on any atom is 0.241 e. The first kappa shape index (κ1) is 16.7. The fourth-order valence-corrected chi connectivity index (χ4v) is 4.75. The molecule has 0 N–H and O–H groups in total. The van der Waals surface area contributed by atoms with Crippen LogP contribution in [-0.4, -0.2) is 47.2 Å². The monoisotopic (exact) mass is 356 g/mol. The van der Waals surface area contributed by atoms with Gasteiger partial charge < -0.3 is 4.90 Å². The van der Waals surface area contributed by atoms with Crippen molar-refractivity contribution < 1.29 is 4.79 Å². The van der Waals surface area contributed by atoms with E-state index < -0.39 is 0 Å². The molecule has 1 aromatic heterocycles. The second-order valence-corrected chi connectivity index (χ2v) is 8.20. The van der Waals surface area contributed by atoms with Crippen molar-refractivity contribution in [2.75, 3.05) is 31.1 Å². The van der Waals surface area contributed by atoms with Gasteiger partial charge >= 0.3 is 0 Å². The molecule has 4 rings (SSSR count).